The molecule has 2 fully saturated rings. The van der Waals surface area contributed by atoms with Gasteiger partial charge in [-0.15, -0.1) is 0 Å². The first kappa shape index (κ1) is 13.3. The van der Waals surface area contributed by atoms with Crippen LogP contribution in [0.2, 0.25) is 0 Å². The molecular weight excluding hydrogens is 212 g/mol. The SMILES string of the molecule is CNCC1CCC(CN2CCC(C(C)C)C2)O1. The Morgan fingerprint density at radius 3 is 2.65 bits per heavy atom. The van der Waals surface area contributed by atoms with Gasteiger partial charge < -0.3 is 15.0 Å². The van der Waals surface area contributed by atoms with Gasteiger partial charge in [0.05, 0.1) is 12.2 Å². The van der Waals surface area contributed by atoms with E-state index in [1.54, 1.807) is 0 Å². The Bertz CT molecular complexity index is 232. The van der Waals surface area contributed by atoms with Crippen LogP contribution >= 0.6 is 0 Å². The largest absolute Gasteiger partial charge is 0.372 e. The maximum Gasteiger partial charge on any atom is 0.0707 e. The second kappa shape index (κ2) is 6.17. The molecule has 2 saturated heterocycles. The summed E-state index contributed by atoms with van der Waals surface area (Å²) in [5.41, 5.74) is 0. The molecule has 1 N–H and O–H groups in total. The molecule has 17 heavy (non-hydrogen) atoms. The predicted molar refractivity (Wildman–Crippen MR) is 71.2 cm³/mol. The molecule has 3 heteroatoms. The van der Waals surface area contributed by atoms with Gasteiger partial charge in [-0.2, -0.15) is 0 Å². The van der Waals surface area contributed by atoms with E-state index in [2.05, 4.69) is 24.1 Å². The van der Waals surface area contributed by atoms with Crippen molar-refractivity contribution in [2.24, 2.45) is 11.8 Å². The van der Waals surface area contributed by atoms with Gasteiger partial charge in [0.15, 0.2) is 0 Å². The lowest BCUT2D eigenvalue weighted by atomic mass is 9.95. The van der Waals surface area contributed by atoms with E-state index in [4.69, 9.17) is 4.74 Å². The molecule has 0 aromatic rings. The zero-order valence-electron chi connectivity index (χ0n) is 11.6. The number of likely N-dealkylation sites (N-methyl/N-ethyl adjacent to an activating group) is 1. The number of nitrogens with one attached hydrogen (secondary N) is 1. The Morgan fingerprint density at radius 1 is 1.24 bits per heavy atom. The molecule has 3 nitrogen and oxygen atoms in total. The third-order valence-electron chi connectivity index (χ3n) is 4.34. The number of ether oxygens (including phenoxy) is 1. The molecule has 2 aliphatic rings. The van der Waals surface area contributed by atoms with Crippen molar-refractivity contribution in [3.63, 3.8) is 0 Å². The van der Waals surface area contributed by atoms with Crippen molar-refractivity contribution >= 4 is 0 Å². The standard InChI is InChI=1S/C14H28N2O/c1-11(2)12-6-7-16(9-12)10-14-5-4-13(17-14)8-15-3/h11-15H,4-10H2,1-3H3. The summed E-state index contributed by atoms with van der Waals surface area (Å²) in [5, 5.41) is 3.21. The molecule has 0 aromatic heterocycles. The Balaban J connectivity index is 1.69. The van der Waals surface area contributed by atoms with Crippen molar-refractivity contribution in [1.29, 1.82) is 0 Å². The second-order valence-electron chi connectivity index (χ2n) is 6.07. The zero-order chi connectivity index (χ0) is 12.3. The normalized spacial score (nSPS) is 34.9. The molecule has 0 aliphatic carbocycles. The lowest BCUT2D eigenvalue weighted by Gasteiger charge is -2.21. The van der Waals surface area contributed by atoms with Gasteiger partial charge in [0.1, 0.15) is 0 Å². The van der Waals surface area contributed by atoms with Gasteiger partial charge in [-0.05, 0) is 44.7 Å². The van der Waals surface area contributed by atoms with E-state index in [-0.39, 0.29) is 0 Å². The lowest BCUT2D eigenvalue weighted by molar-refractivity contribution is 0.0274. The topological polar surface area (TPSA) is 24.5 Å². The van der Waals surface area contributed by atoms with Gasteiger partial charge in [0, 0.05) is 19.6 Å². The van der Waals surface area contributed by atoms with E-state index in [1.165, 1.54) is 32.4 Å². The number of nitrogens with zero attached hydrogens (tertiary/aromatic N) is 1. The second-order valence-corrected chi connectivity index (χ2v) is 6.07. The van der Waals surface area contributed by atoms with Crippen LogP contribution in [0.1, 0.15) is 33.1 Å². The summed E-state index contributed by atoms with van der Waals surface area (Å²) in [6.45, 7) is 9.43. The Labute approximate surface area is 106 Å². The average Bonchev–Trinajstić information content (AvgIpc) is 2.89. The van der Waals surface area contributed by atoms with Crippen LogP contribution in [0.3, 0.4) is 0 Å². The molecule has 2 heterocycles. The molecule has 0 bridgehead atoms. The summed E-state index contributed by atoms with van der Waals surface area (Å²) >= 11 is 0. The van der Waals surface area contributed by atoms with Crippen LogP contribution in [-0.4, -0.2) is 50.3 Å². The summed E-state index contributed by atoms with van der Waals surface area (Å²) < 4.78 is 6.06. The van der Waals surface area contributed by atoms with Crippen LogP contribution in [0.4, 0.5) is 0 Å². The van der Waals surface area contributed by atoms with Gasteiger partial charge in [-0.1, -0.05) is 13.8 Å². The molecule has 0 radical (unpaired) electrons. The van der Waals surface area contributed by atoms with Crippen LogP contribution in [0.25, 0.3) is 0 Å². The van der Waals surface area contributed by atoms with Crippen LogP contribution < -0.4 is 5.32 Å². The number of hydrogen-bond donors (Lipinski definition) is 1. The highest BCUT2D eigenvalue weighted by molar-refractivity contribution is 4.82. The Hall–Kier alpha value is -0.120. The summed E-state index contributed by atoms with van der Waals surface area (Å²) in [5.74, 6) is 1.74. The minimum Gasteiger partial charge on any atom is -0.372 e. The monoisotopic (exact) mass is 240 g/mol. The summed E-state index contributed by atoms with van der Waals surface area (Å²) in [6.07, 6.45) is 4.79. The average molecular weight is 240 g/mol. The van der Waals surface area contributed by atoms with Crippen LogP contribution in [0.15, 0.2) is 0 Å². The van der Waals surface area contributed by atoms with Crippen molar-refractivity contribution in [1.82, 2.24) is 10.2 Å². The number of hydrogen-bond acceptors (Lipinski definition) is 3. The van der Waals surface area contributed by atoms with Crippen molar-refractivity contribution in [2.75, 3.05) is 33.2 Å². The lowest BCUT2D eigenvalue weighted by Crippen LogP contribution is -2.32. The molecule has 2 rings (SSSR count). The van der Waals surface area contributed by atoms with Gasteiger partial charge in [-0.3, -0.25) is 0 Å². The first-order valence-corrected chi connectivity index (χ1v) is 7.21. The molecule has 0 amide bonds. The van der Waals surface area contributed by atoms with Crippen molar-refractivity contribution < 1.29 is 4.74 Å². The fourth-order valence-corrected chi connectivity index (χ4v) is 3.15. The quantitative estimate of drug-likeness (QED) is 0.792. The molecule has 0 spiro atoms. The van der Waals surface area contributed by atoms with Gasteiger partial charge in [0.25, 0.3) is 0 Å². The smallest absolute Gasteiger partial charge is 0.0707 e. The summed E-state index contributed by atoms with van der Waals surface area (Å²) in [4.78, 5) is 2.61. The van der Waals surface area contributed by atoms with Crippen LogP contribution in [-0.2, 0) is 4.74 Å². The maximum absolute atomic E-state index is 6.06. The van der Waals surface area contributed by atoms with Crippen molar-refractivity contribution in [3.8, 4) is 0 Å². The van der Waals surface area contributed by atoms with Crippen LogP contribution in [0, 0.1) is 11.8 Å². The van der Waals surface area contributed by atoms with Gasteiger partial charge in [-0.25, -0.2) is 0 Å². The number of likely N-dealkylation sites (tertiary alicyclic amines) is 1. The fourth-order valence-electron chi connectivity index (χ4n) is 3.15. The number of rotatable bonds is 5. The highest BCUT2D eigenvalue weighted by atomic mass is 16.5. The van der Waals surface area contributed by atoms with Crippen molar-refractivity contribution in [3.05, 3.63) is 0 Å². The van der Waals surface area contributed by atoms with E-state index < -0.39 is 0 Å². The Kier molecular flexibility index (Phi) is 4.83. The van der Waals surface area contributed by atoms with Crippen LogP contribution in [0.5, 0.6) is 0 Å². The summed E-state index contributed by atoms with van der Waals surface area (Å²) in [6, 6.07) is 0. The minimum atomic E-state index is 0.452. The predicted octanol–water partition coefficient (Wildman–Crippen LogP) is 1.73. The maximum atomic E-state index is 6.06. The molecule has 0 saturated carbocycles. The van der Waals surface area contributed by atoms with E-state index in [0.717, 1.165) is 24.9 Å². The van der Waals surface area contributed by atoms with E-state index in [0.29, 0.717) is 12.2 Å². The van der Waals surface area contributed by atoms with E-state index in [9.17, 15) is 0 Å². The molecular formula is C14H28N2O. The first-order valence-electron chi connectivity index (χ1n) is 7.21. The third kappa shape index (κ3) is 3.67. The third-order valence-corrected chi connectivity index (χ3v) is 4.34. The first-order chi connectivity index (χ1) is 8.19. The molecule has 100 valence electrons. The van der Waals surface area contributed by atoms with Crippen molar-refractivity contribution in [2.45, 2.75) is 45.3 Å². The zero-order valence-corrected chi connectivity index (χ0v) is 11.6. The molecule has 0 aromatic carbocycles. The minimum absolute atomic E-state index is 0.452. The molecule has 3 unspecified atom stereocenters. The van der Waals surface area contributed by atoms with Gasteiger partial charge >= 0.3 is 0 Å². The molecule has 3 atom stereocenters. The van der Waals surface area contributed by atoms with E-state index in [1.807, 2.05) is 7.05 Å². The fraction of sp³-hybridized carbons (Fsp3) is 1.00. The highest BCUT2D eigenvalue weighted by Gasteiger charge is 2.30. The summed E-state index contributed by atoms with van der Waals surface area (Å²) in [7, 11) is 2.00. The highest BCUT2D eigenvalue weighted by Crippen LogP contribution is 2.26. The van der Waals surface area contributed by atoms with Gasteiger partial charge in [0.2, 0.25) is 0 Å². The Morgan fingerprint density at radius 2 is 2.00 bits per heavy atom. The molecule has 2 aliphatic heterocycles. The van der Waals surface area contributed by atoms with E-state index >= 15 is 0 Å².